The third kappa shape index (κ3) is 5.92. The maximum absolute atomic E-state index is 11.4. The zero-order valence-electron chi connectivity index (χ0n) is 18.2. The van der Waals surface area contributed by atoms with Gasteiger partial charge in [-0.15, -0.1) is 0 Å². The van der Waals surface area contributed by atoms with E-state index >= 15 is 0 Å². The molecule has 2 N–H and O–H groups in total. The Morgan fingerprint density at radius 2 is 1.40 bits per heavy atom. The van der Waals surface area contributed by atoms with Gasteiger partial charge in [0.15, 0.2) is 6.29 Å². The van der Waals surface area contributed by atoms with Gasteiger partial charge in [0, 0.05) is 25.8 Å². The number of nitrogens with zero attached hydrogens (tertiary/aromatic N) is 4. The molecule has 16 nitrogen and oxygen atoms in total. The second-order valence-corrected chi connectivity index (χ2v) is 7.50. The molecule has 16 heteroatoms. The number of non-ortho nitro benzene ring substituents is 2. The average Bonchev–Trinajstić information content (AvgIpc) is 2.82. The molecule has 2 aromatic rings. The summed E-state index contributed by atoms with van der Waals surface area (Å²) in [7, 11) is 1.38. The summed E-state index contributed by atoms with van der Waals surface area (Å²) in [6.07, 6.45) is -0.440. The Balaban J connectivity index is 1.68. The fourth-order valence-electron chi connectivity index (χ4n) is 3.63. The summed E-state index contributed by atoms with van der Waals surface area (Å²) in [5.41, 5.74) is -1.61. The smallest absolute Gasteiger partial charge is 0.299 e. The summed E-state index contributed by atoms with van der Waals surface area (Å²) >= 11 is 0. The molecule has 35 heavy (non-hydrogen) atoms. The van der Waals surface area contributed by atoms with Crippen molar-refractivity contribution in [3.8, 4) is 0 Å². The van der Waals surface area contributed by atoms with Crippen molar-refractivity contribution in [1.29, 1.82) is 0 Å². The Bertz CT molecular complexity index is 1160. The van der Waals surface area contributed by atoms with Gasteiger partial charge in [0.1, 0.15) is 11.4 Å². The molecule has 186 valence electrons. The zero-order valence-corrected chi connectivity index (χ0v) is 18.2. The quantitative estimate of drug-likeness (QED) is 0.360. The van der Waals surface area contributed by atoms with E-state index < -0.39 is 60.9 Å². The molecule has 1 fully saturated rings. The van der Waals surface area contributed by atoms with E-state index in [0.29, 0.717) is 12.8 Å². The Morgan fingerprint density at radius 3 is 1.91 bits per heavy atom. The normalized spacial score (nSPS) is 19.5. The minimum Gasteiger partial charge on any atom is -0.377 e. The maximum Gasteiger partial charge on any atom is 0.299 e. The van der Waals surface area contributed by atoms with Crippen molar-refractivity contribution in [3.05, 3.63) is 76.9 Å². The maximum atomic E-state index is 11.4. The van der Waals surface area contributed by atoms with Crippen LogP contribution in [0.15, 0.2) is 36.4 Å². The van der Waals surface area contributed by atoms with E-state index in [-0.39, 0.29) is 17.9 Å². The second-order valence-electron chi connectivity index (χ2n) is 7.50. The molecule has 2 aromatic carbocycles. The molecular formula is C19H20N6O10. The number of hydrogen-bond donors (Lipinski definition) is 2. The van der Waals surface area contributed by atoms with Crippen LogP contribution in [-0.2, 0) is 9.47 Å². The third-order valence-corrected chi connectivity index (χ3v) is 5.33. The lowest BCUT2D eigenvalue weighted by molar-refractivity contribution is -0.393. The summed E-state index contributed by atoms with van der Waals surface area (Å²) in [5.74, 6) is 0. The van der Waals surface area contributed by atoms with Crippen LogP contribution in [0.5, 0.6) is 0 Å². The minimum absolute atomic E-state index is 0.0642. The van der Waals surface area contributed by atoms with Crippen molar-refractivity contribution in [3.63, 3.8) is 0 Å². The monoisotopic (exact) mass is 492 g/mol. The highest BCUT2D eigenvalue weighted by Crippen LogP contribution is 2.33. The number of nitrogens with one attached hydrogen (secondary N) is 2. The minimum atomic E-state index is -0.850. The Morgan fingerprint density at radius 1 is 0.857 bits per heavy atom. The fraction of sp³-hybridized carbons (Fsp3) is 0.368. The third-order valence-electron chi connectivity index (χ3n) is 5.33. The summed E-state index contributed by atoms with van der Waals surface area (Å²) in [6, 6.07) is 5.97. The standard InChI is InChI=1S/C19H20N6O10/c1-34-19-16(21-15-6-3-12(23(28)29)9-18(15)25(32)33)7-4-13(35-19)10-20-14-5-2-11(22(26)27)8-17(14)24(30)31/h2-3,5-6,8-9,13,16,19-21H,4,7,10H2,1H3/t13-,16+,19-/m1/s1. The molecule has 1 aliphatic rings. The molecule has 3 atom stereocenters. The van der Waals surface area contributed by atoms with Crippen molar-refractivity contribution in [1.82, 2.24) is 0 Å². The van der Waals surface area contributed by atoms with Gasteiger partial charge in [-0.1, -0.05) is 0 Å². The van der Waals surface area contributed by atoms with Gasteiger partial charge in [-0.2, -0.15) is 0 Å². The highest BCUT2D eigenvalue weighted by atomic mass is 16.7. The molecule has 0 radical (unpaired) electrons. The Labute approximate surface area is 196 Å². The first-order valence-electron chi connectivity index (χ1n) is 10.1. The first-order chi connectivity index (χ1) is 16.6. The van der Waals surface area contributed by atoms with Gasteiger partial charge in [0.2, 0.25) is 0 Å². The fourth-order valence-corrected chi connectivity index (χ4v) is 3.63. The van der Waals surface area contributed by atoms with Crippen LogP contribution >= 0.6 is 0 Å². The first-order valence-corrected chi connectivity index (χ1v) is 10.1. The number of anilines is 2. The van der Waals surface area contributed by atoms with E-state index in [4.69, 9.17) is 9.47 Å². The van der Waals surface area contributed by atoms with Gasteiger partial charge >= 0.3 is 0 Å². The number of nitro groups is 4. The van der Waals surface area contributed by atoms with Crippen LogP contribution in [0, 0.1) is 40.5 Å². The van der Waals surface area contributed by atoms with Gasteiger partial charge in [0.25, 0.3) is 22.7 Å². The molecule has 0 aromatic heterocycles. The molecule has 1 aliphatic heterocycles. The van der Waals surface area contributed by atoms with Gasteiger partial charge in [-0.05, 0) is 25.0 Å². The van der Waals surface area contributed by atoms with E-state index in [1.807, 2.05) is 0 Å². The molecule has 0 unspecified atom stereocenters. The molecule has 0 spiro atoms. The number of hydrogen-bond acceptors (Lipinski definition) is 12. The summed E-state index contributed by atoms with van der Waals surface area (Å²) in [6.45, 7) is 0.128. The zero-order chi connectivity index (χ0) is 25.7. The van der Waals surface area contributed by atoms with Crippen LogP contribution in [0.3, 0.4) is 0 Å². The SMILES string of the molecule is CO[C@@H]1O[C@@H](CNc2ccc([N+](=O)[O-])cc2[N+](=O)[O-])CC[C@@H]1Nc1ccc([N+](=O)[O-])cc1[N+](=O)[O-]. The van der Waals surface area contributed by atoms with Crippen molar-refractivity contribution in [2.45, 2.75) is 31.3 Å². The average molecular weight is 492 g/mol. The van der Waals surface area contributed by atoms with Crippen LogP contribution in [0.4, 0.5) is 34.1 Å². The highest BCUT2D eigenvalue weighted by molar-refractivity contribution is 5.66. The van der Waals surface area contributed by atoms with Gasteiger partial charge < -0.3 is 20.1 Å². The van der Waals surface area contributed by atoms with Crippen LogP contribution in [0.25, 0.3) is 0 Å². The molecule has 0 bridgehead atoms. The van der Waals surface area contributed by atoms with Gasteiger partial charge in [-0.3, -0.25) is 40.5 Å². The topological polar surface area (TPSA) is 215 Å². The van der Waals surface area contributed by atoms with Crippen molar-refractivity contribution in [2.24, 2.45) is 0 Å². The molecule has 1 heterocycles. The molecule has 1 saturated heterocycles. The second kappa shape index (κ2) is 10.7. The number of rotatable bonds is 10. The van der Waals surface area contributed by atoms with Crippen molar-refractivity contribution >= 4 is 34.1 Å². The lowest BCUT2D eigenvalue weighted by Gasteiger charge is -2.36. The predicted molar refractivity (Wildman–Crippen MR) is 120 cm³/mol. The summed E-state index contributed by atoms with van der Waals surface area (Å²) < 4.78 is 11.2. The van der Waals surface area contributed by atoms with Crippen molar-refractivity contribution < 1.29 is 29.2 Å². The van der Waals surface area contributed by atoms with Gasteiger partial charge in [0.05, 0.1) is 44.0 Å². The molecule has 0 aliphatic carbocycles. The first kappa shape index (κ1) is 25.2. The van der Waals surface area contributed by atoms with E-state index in [1.54, 1.807) is 0 Å². The van der Waals surface area contributed by atoms with Crippen molar-refractivity contribution in [2.75, 3.05) is 24.3 Å². The van der Waals surface area contributed by atoms with E-state index in [1.165, 1.54) is 19.2 Å². The molecule has 3 rings (SSSR count). The Hall–Kier alpha value is -4.44. The van der Waals surface area contributed by atoms with E-state index in [9.17, 15) is 40.5 Å². The number of benzene rings is 2. The number of nitro benzene ring substituents is 4. The molecule has 0 amide bonds. The lowest BCUT2D eigenvalue weighted by Crippen LogP contribution is -2.46. The lowest BCUT2D eigenvalue weighted by atomic mass is 10.0. The summed E-state index contributed by atoms with van der Waals surface area (Å²) in [4.78, 5) is 41.6. The predicted octanol–water partition coefficient (Wildman–Crippen LogP) is 3.36. The Kier molecular flexibility index (Phi) is 7.67. The largest absolute Gasteiger partial charge is 0.377 e. The number of ether oxygens (including phenoxy) is 2. The summed E-state index contributed by atoms with van der Waals surface area (Å²) in [5, 5.41) is 50.3. The van der Waals surface area contributed by atoms with E-state index in [0.717, 1.165) is 24.3 Å². The van der Waals surface area contributed by atoms with Crippen LogP contribution in [0.2, 0.25) is 0 Å². The highest BCUT2D eigenvalue weighted by Gasteiger charge is 2.33. The van der Waals surface area contributed by atoms with Crippen LogP contribution in [0.1, 0.15) is 12.8 Å². The van der Waals surface area contributed by atoms with Crippen LogP contribution in [-0.4, -0.2) is 51.8 Å². The van der Waals surface area contributed by atoms with E-state index in [2.05, 4.69) is 10.6 Å². The molecular weight excluding hydrogens is 472 g/mol. The number of methoxy groups -OCH3 is 1. The van der Waals surface area contributed by atoms with Crippen LogP contribution < -0.4 is 10.6 Å². The van der Waals surface area contributed by atoms with Gasteiger partial charge in [-0.25, -0.2) is 0 Å². The molecule has 0 saturated carbocycles.